The van der Waals surface area contributed by atoms with E-state index < -0.39 is 0 Å². The third kappa shape index (κ3) is 4.21. The fourth-order valence-corrected chi connectivity index (χ4v) is 3.49. The van der Waals surface area contributed by atoms with Crippen molar-refractivity contribution in [3.63, 3.8) is 0 Å². The number of imidazole rings is 1. The number of nitrogens with zero attached hydrogens (tertiary/aromatic N) is 4. The van der Waals surface area contributed by atoms with E-state index in [0.29, 0.717) is 40.4 Å². The van der Waals surface area contributed by atoms with Crippen molar-refractivity contribution in [2.45, 2.75) is 12.8 Å². The van der Waals surface area contributed by atoms with Gasteiger partial charge in [-0.05, 0) is 42.5 Å². The molecule has 0 saturated heterocycles. The van der Waals surface area contributed by atoms with Crippen molar-refractivity contribution in [3.8, 4) is 22.9 Å². The summed E-state index contributed by atoms with van der Waals surface area (Å²) in [6, 6.07) is 18.4. The lowest BCUT2D eigenvalue weighted by Gasteiger charge is -2.03. The molecule has 3 aromatic heterocycles. The second-order valence-electron chi connectivity index (χ2n) is 7.07. The van der Waals surface area contributed by atoms with Gasteiger partial charge in [-0.25, -0.2) is 4.98 Å². The number of anilines is 1. The van der Waals surface area contributed by atoms with Crippen LogP contribution in [-0.2, 0) is 11.2 Å². The van der Waals surface area contributed by atoms with Gasteiger partial charge in [-0.15, -0.1) is 0 Å². The van der Waals surface area contributed by atoms with Crippen LogP contribution in [0.3, 0.4) is 0 Å². The van der Waals surface area contributed by atoms with E-state index >= 15 is 0 Å². The Labute approximate surface area is 187 Å². The molecule has 0 spiro atoms. The second kappa shape index (κ2) is 8.60. The average Bonchev–Trinajstić information content (AvgIpc) is 3.45. The highest BCUT2D eigenvalue weighted by Crippen LogP contribution is 2.28. The number of fused-ring (bicyclic) bond motifs is 1. The Morgan fingerprint density at radius 1 is 1.06 bits per heavy atom. The lowest BCUT2D eigenvalue weighted by atomic mass is 10.2. The van der Waals surface area contributed by atoms with Crippen LogP contribution in [0.5, 0.6) is 0 Å². The van der Waals surface area contributed by atoms with Gasteiger partial charge in [0.05, 0.1) is 16.1 Å². The SMILES string of the molecule is O=C(CCc1nc(-c2ccccn2)no1)Nc1ccc2nc(-c3ccccc3Cl)[nH]c2c1. The zero-order chi connectivity index (χ0) is 21.9. The number of carbonyl (C=O) groups excluding carboxylic acids is 1. The van der Waals surface area contributed by atoms with Gasteiger partial charge in [0.25, 0.3) is 0 Å². The molecule has 0 atom stereocenters. The average molecular weight is 445 g/mol. The van der Waals surface area contributed by atoms with Crippen LogP contribution < -0.4 is 5.32 Å². The molecule has 0 aliphatic carbocycles. The Hall–Kier alpha value is -4.04. The third-order valence-corrected chi connectivity index (χ3v) is 5.15. The number of benzene rings is 2. The van der Waals surface area contributed by atoms with Gasteiger partial charge >= 0.3 is 0 Å². The predicted octanol–water partition coefficient (Wildman–Crippen LogP) is 4.90. The van der Waals surface area contributed by atoms with E-state index in [9.17, 15) is 4.79 Å². The fraction of sp³-hybridized carbons (Fsp3) is 0.0870. The molecule has 0 saturated carbocycles. The molecule has 0 unspecified atom stereocenters. The first kappa shape index (κ1) is 19.9. The minimum absolute atomic E-state index is 0.159. The lowest BCUT2D eigenvalue weighted by molar-refractivity contribution is -0.116. The molecule has 8 nitrogen and oxygen atoms in total. The summed E-state index contributed by atoms with van der Waals surface area (Å²) >= 11 is 6.27. The number of hydrogen-bond donors (Lipinski definition) is 2. The van der Waals surface area contributed by atoms with Crippen molar-refractivity contribution >= 4 is 34.2 Å². The molecular formula is C23H17ClN6O2. The number of H-pyrrole nitrogens is 1. The van der Waals surface area contributed by atoms with Gasteiger partial charge in [0.15, 0.2) is 0 Å². The standard InChI is InChI=1S/C23H17ClN6O2/c24-16-6-2-1-5-15(16)22-27-17-9-8-14(13-19(17)28-22)26-20(31)10-11-21-29-23(30-32-21)18-7-3-4-12-25-18/h1-9,12-13H,10-11H2,(H,26,31)(H,27,28). The first-order valence-electron chi connectivity index (χ1n) is 9.94. The number of rotatable bonds is 6. The van der Waals surface area contributed by atoms with Crippen LogP contribution in [0.1, 0.15) is 12.3 Å². The number of amides is 1. The maximum absolute atomic E-state index is 12.4. The summed E-state index contributed by atoms with van der Waals surface area (Å²) in [5.74, 6) is 1.30. The quantitative estimate of drug-likeness (QED) is 0.385. The zero-order valence-electron chi connectivity index (χ0n) is 16.7. The Morgan fingerprint density at radius 2 is 1.94 bits per heavy atom. The minimum atomic E-state index is -0.159. The van der Waals surface area contributed by atoms with Crippen LogP contribution >= 0.6 is 11.6 Å². The van der Waals surface area contributed by atoms with Crippen molar-refractivity contribution in [1.82, 2.24) is 25.1 Å². The third-order valence-electron chi connectivity index (χ3n) is 4.82. The van der Waals surface area contributed by atoms with E-state index in [4.69, 9.17) is 16.1 Å². The number of aromatic nitrogens is 5. The summed E-state index contributed by atoms with van der Waals surface area (Å²) in [5, 5.41) is 7.42. The van der Waals surface area contributed by atoms with Gasteiger partial charge in [-0.2, -0.15) is 4.98 Å². The normalized spacial score (nSPS) is 11.0. The molecule has 0 aliphatic heterocycles. The molecule has 0 fully saturated rings. The van der Waals surface area contributed by atoms with Crippen molar-refractivity contribution < 1.29 is 9.32 Å². The van der Waals surface area contributed by atoms with Gasteiger partial charge in [0.2, 0.25) is 17.6 Å². The molecule has 5 aromatic rings. The van der Waals surface area contributed by atoms with Crippen LogP contribution in [0.15, 0.2) is 71.4 Å². The lowest BCUT2D eigenvalue weighted by Crippen LogP contribution is -2.12. The highest BCUT2D eigenvalue weighted by atomic mass is 35.5. The van der Waals surface area contributed by atoms with Gasteiger partial charge in [-0.3, -0.25) is 9.78 Å². The molecule has 3 heterocycles. The van der Waals surface area contributed by atoms with Crippen molar-refractivity contribution in [1.29, 1.82) is 0 Å². The molecule has 0 aliphatic rings. The first-order valence-corrected chi connectivity index (χ1v) is 10.3. The van der Waals surface area contributed by atoms with E-state index in [0.717, 1.165) is 16.6 Å². The fourth-order valence-electron chi connectivity index (χ4n) is 3.27. The topological polar surface area (TPSA) is 110 Å². The van der Waals surface area contributed by atoms with Crippen molar-refractivity contribution in [3.05, 3.63) is 77.8 Å². The number of nitrogens with one attached hydrogen (secondary N) is 2. The van der Waals surface area contributed by atoms with Crippen LogP contribution in [0.4, 0.5) is 5.69 Å². The molecule has 1 amide bonds. The Bertz CT molecular complexity index is 1400. The molecule has 0 bridgehead atoms. The van der Waals surface area contributed by atoms with E-state index in [1.54, 1.807) is 12.3 Å². The number of aryl methyl sites for hydroxylation is 1. The van der Waals surface area contributed by atoms with Crippen LogP contribution in [0.2, 0.25) is 5.02 Å². The number of hydrogen-bond acceptors (Lipinski definition) is 6. The number of aromatic amines is 1. The van der Waals surface area contributed by atoms with Gasteiger partial charge < -0.3 is 14.8 Å². The Morgan fingerprint density at radius 3 is 2.78 bits per heavy atom. The molecule has 32 heavy (non-hydrogen) atoms. The molecule has 9 heteroatoms. The monoisotopic (exact) mass is 444 g/mol. The van der Waals surface area contributed by atoms with E-state index in [1.165, 1.54) is 0 Å². The maximum Gasteiger partial charge on any atom is 0.227 e. The van der Waals surface area contributed by atoms with E-state index in [2.05, 4.69) is 30.4 Å². The van der Waals surface area contributed by atoms with Gasteiger partial charge in [0, 0.05) is 30.3 Å². The van der Waals surface area contributed by atoms with Crippen molar-refractivity contribution in [2.75, 3.05) is 5.32 Å². The second-order valence-corrected chi connectivity index (χ2v) is 7.48. The van der Waals surface area contributed by atoms with Crippen LogP contribution in [0.25, 0.3) is 33.9 Å². The smallest absolute Gasteiger partial charge is 0.227 e. The molecule has 2 N–H and O–H groups in total. The number of carbonyl (C=O) groups is 1. The molecule has 0 radical (unpaired) electrons. The summed E-state index contributed by atoms with van der Waals surface area (Å²) in [6.07, 6.45) is 2.19. The summed E-state index contributed by atoms with van der Waals surface area (Å²) in [4.78, 5) is 28.7. The molecule has 2 aromatic carbocycles. The first-order chi connectivity index (χ1) is 15.7. The van der Waals surface area contributed by atoms with Crippen LogP contribution in [-0.4, -0.2) is 31.0 Å². The zero-order valence-corrected chi connectivity index (χ0v) is 17.5. The van der Waals surface area contributed by atoms with Gasteiger partial charge in [0.1, 0.15) is 11.5 Å². The predicted molar refractivity (Wildman–Crippen MR) is 121 cm³/mol. The number of pyridine rings is 1. The van der Waals surface area contributed by atoms with Gasteiger partial charge in [-0.1, -0.05) is 35.0 Å². The minimum Gasteiger partial charge on any atom is -0.339 e. The molecular weight excluding hydrogens is 428 g/mol. The Balaban J connectivity index is 1.24. The molecule has 158 valence electrons. The highest BCUT2D eigenvalue weighted by molar-refractivity contribution is 6.33. The van der Waals surface area contributed by atoms with E-state index in [-0.39, 0.29) is 12.3 Å². The summed E-state index contributed by atoms with van der Waals surface area (Å²) < 4.78 is 5.23. The maximum atomic E-state index is 12.4. The Kier molecular flexibility index (Phi) is 5.35. The number of halogens is 1. The summed E-state index contributed by atoms with van der Waals surface area (Å²) in [5.41, 5.74) is 3.69. The highest BCUT2D eigenvalue weighted by Gasteiger charge is 2.13. The summed E-state index contributed by atoms with van der Waals surface area (Å²) in [7, 11) is 0. The van der Waals surface area contributed by atoms with E-state index in [1.807, 2.05) is 54.6 Å². The summed E-state index contributed by atoms with van der Waals surface area (Å²) in [6.45, 7) is 0. The molecule has 5 rings (SSSR count). The van der Waals surface area contributed by atoms with Crippen molar-refractivity contribution in [2.24, 2.45) is 0 Å². The largest absolute Gasteiger partial charge is 0.339 e. The van der Waals surface area contributed by atoms with Crippen LogP contribution in [0, 0.1) is 0 Å².